The molecular weight excluding hydrogens is 358 g/mol. The molecule has 0 saturated carbocycles. The van der Waals surface area contributed by atoms with Gasteiger partial charge in [-0.2, -0.15) is 0 Å². The predicted octanol–water partition coefficient (Wildman–Crippen LogP) is 4.76. The summed E-state index contributed by atoms with van der Waals surface area (Å²) in [5.74, 6) is 0.451. The zero-order chi connectivity index (χ0) is 17.4. The number of methoxy groups -OCH3 is 1. The molecule has 0 spiro atoms. The molecule has 0 atom stereocenters. The van der Waals surface area contributed by atoms with Crippen molar-refractivity contribution < 1.29 is 9.53 Å². The molecule has 2 heterocycles. The van der Waals surface area contributed by atoms with Crippen molar-refractivity contribution in [1.29, 1.82) is 0 Å². The Kier molecular flexibility index (Phi) is 3.99. The summed E-state index contributed by atoms with van der Waals surface area (Å²) in [5, 5.41) is 4.83. The van der Waals surface area contributed by atoms with E-state index < -0.39 is 0 Å². The van der Waals surface area contributed by atoms with E-state index in [1.54, 1.807) is 37.6 Å². The van der Waals surface area contributed by atoms with Crippen LogP contribution in [0.1, 0.15) is 10.4 Å². The summed E-state index contributed by atoms with van der Waals surface area (Å²) in [7, 11) is 1.61. The van der Waals surface area contributed by atoms with Crippen LogP contribution in [0.4, 0.5) is 5.13 Å². The molecule has 1 amide bonds. The van der Waals surface area contributed by atoms with E-state index in [9.17, 15) is 4.79 Å². The highest BCUT2D eigenvalue weighted by atomic mass is 35.5. The summed E-state index contributed by atoms with van der Waals surface area (Å²) >= 11 is 7.25. The Morgan fingerprint density at radius 2 is 2.00 bits per heavy atom. The fraction of sp³-hybridized carbons (Fsp3) is 0.0556. The van der Waals surface area contributed by atoms with Gasteiger partial charge in [-0.3, -0.25) is 15.1 Å². The van der Waals surface area contributed by atoms with E-state index in [1.165, 1.54) is 11.3 Å². The number of halogens is 1. The minimum Gasteiger partial charge on any atom is -0.494 e. The molecule has 0 aliphatic heterocycles. The molecule has 2 aromatic heterocycles. The third-order valence-electron chi connectivity index (χ3n) is 3.76. The number of aromatic nitrogens is 2. The van der Waals surface area contributed by atoms with Crippen LogP contribution in [-0.4, -0.2) is 23.0 Å². The number of thiazole rings is 1. The van der Waals surface area contributed by atoms with Crippen molar-refractivity contribution in [3.63, 3.8) is 0 Å². The standard InChI is InChI=1S/C18H12ClN3O2S/c1-24-13-9-14-16(12-3-2-8-20-15(12)13)21-18(25-14)22-17(23)10-4-6-11(19)7-5-10/h2-9H,1H3,(H,21,22,23). The first-order valence-corrected chi connectivity index (χ1v) is 8.64. The van der Waals surface area contributed by atoms with Crippen molar-refractivity contribution in [3.05, 3.63) is 59.2 Å². The van der Waals surface area contributed by atoms with Crippen LogP contribution in [0.25, 0.3) is 21.1 Å². The van der Waals surface area contributed by atoms with E-state index in [0.29, 0.717) is 21.5 Å². The lowest BCUT2D eigenvalue weighted by molar-refractivity contribution is 0.102. The van der Waals surface area contributed by atoms with Gasteiger partial charge in [0, 0.05) is 28.2 Å². The predicted molar refractivity (Wildman–Crippen MR) is 101 cm³/mol. The SMILES string of the molecule is COc1cc2sc(NC(=O)c3ccc(Cl)cc3)nc2c2cccnc12. The number of nitrogens with zero attached hydrogens (tertiary/aromatic N) is 2. The van der Waals surface area contributed by atoms with Gasteiger partial charge in [-0.1, -0.05) is 22.9 Å². The maximum atomic E-state index is 12.4. The first-order valence-electron chi connectivity index (χ1n) is 7.45. The highest BCUT2D eigenvalue weighted by Crippen LogP contribution is 2.36. The minimum atomic E-state index is -0.231. The largest absolute Gasteiger partial charge is 0.494 e. The van der Waals surface area contributed by atoms with Crippen LogP contribution in [0.2, 0.25) is 5.02 Å². The molecule has 5 nitrogen and oxygen atoms in total. The molecule has 4 aromatic rings. The van der Waals surface area contributed by atoms with Gasteiger partial charge < -0.3 is 4.74 Å². The molecule has 0 bridgehead atoms. The average Bonchev–Trinajstić information content (AvgIpc) is 3.04. The van der Waals surface area contributed by atoms with Crippen LogP contribution in [-0.2, 0) is 0 Å². The van der Waals surface area contributed by atoms with Crippen molar-refractivity contribution in [2.45, 2.75) is 0 Å². The Bertz CT molecular complexity index is 1090. The Hall–Kier alpha value is -2.70. The number of carbonyl (C=O) groups is 1. The van der Waals surface area contributed by atoms with E-state index in [2.05, 4.69) is 15.3 Å². The van der Waals surface area contributed by atoms with Crippen LogP contribution >= 0.6 is 22.9 Å². The summed E-state index contributed by atoms with van der Waals surface area (Å²) in [6.45, 7) is 0. The quantitative estimate of drug-likeness (QED) is 0.565. The van der Waals surface area contributed by atoms with Gasteiger partial charge in [0.15, 0.2) is 5.13 Å². The number of carbonyl (C=O) groups excluding carboxylic acids is 1. The number of fused-ring (bicyclic) bond motifs is 3. The lowest BCUT2D eigenvalue weighted by atomic mass is 10.2. The molecule has 0 aliphatic carbocycles. The van der Waals surface area contributed by atoms with E-state index >= 15 is 0 Å². The van der Waals surface area contributed by atoms with E-state index in [1.807, 2.05) is 18.2 Å². The van der Waals surface area contributed by atoms with Crippen molar-refractivity contribution in [3.8, 4) is 5.75 Å². The van der Waals surface area contributed by atoms with Crippen LogP contribution in [0.3, 0.4) is 0 Å². The number of anilines is 1. The number of hydrogen-bond donors (Lipinski definition) is 1. The Morgan fingerprint density at radius 1 is 1.20 bits per heavy atom. The molecular formula is C18H12ClN3O2S. The Labute approximate surface area is 152 Å². The zero-order valence-corrected chi connectivity index (χ0v) is 14.7. The number of amides is 1. The first-order chi connectivity index (χ1) is 12.2. The molecule has 0 fully saturated rings. The van der Waals surface area contributed by atoms with Crippen LogP contribution in [0.15, 0.2) is 48.7 Å². The molecule has 0 unspecified atom stereocenters. The molecule has 1 N–H and O–H groups in total. The second-order valence-electron chi connectivity index (χ2n) is 5.31. The van der Waals surface area contributed by atoms with Gasteiger partial charge in [0.25, 0.3) is 5.91 Å². The molecule has 7 heteroatoms. The van der Waals surface area contributed by atoms with Crippen molar-refractivity contribution in [1.82, 2.24) is 9.97 Å². The van der Waals surface area contributed by atoms with Gasteiger partial charge in [0.05, 0.1) is 17.3 Å². The van der Waals surface area contributed by atoms with E-state index in [-0.39, 0.29) is 5.91 Å². The number of benzene rings is 2. The van der Waals surface area contributed by atoms with Gasteiger partial charge >= 0.3 is 0 Å². The third-order valence-corrected chi connectivity index (χ3v) is 4.93. The fourth-order valence-electron chi connectivity index (χ4n) is 2.58. The van der Waals surface area contributed by atoms with Crippen LogP contribution in [0.5, 0.6) is 5.75 Å². The van der Waals surface area contributed by atoms with Gasteiger partial charge in [-0.25, -0.2) is 4.98 Å². The van der Waals surface area contributed by atoms with Gasteiger partial charge in [0.2, 0.25) is 0 Å². The maximum absolute atomic E-state index is 12.4. The molecule has 25 heavy (non-hydrogen) atoms. The number of rotatable bonds is 3. The Morgan fingerprint density at radius 3 is 2.76 bits per heavy atom. The molecule has 124 valence electrons. The second-order valence-corrected chi connectivity index (χ2v) is 6.77. The Balaban J connectivity index is 1.75. The summed E-state index contributed by atoms with van der Waals surface area (Å²) < 4.78 is 6.34. The lowest BCUT2D eigenvalue weighted by Crippen LogP contribution is -2.11. The summed E-state index contributed by atoms with van der Waals surface area (Å²) in [5.41, 5.74) is 2.06. The molecule has 0 radical (unpaired) electrons. The molecule has 0 aliphatic rings. The minimum absolute atomic E-state index is 0.231. The topological polar surface area (TPSA) is 64.1 Å². The van der Waals surface area contributed by atoms with Crippen molar-refractivity contribution in [2.24, 2.45) is 0 Å². The summed E-state index contributed by atoms with van der Waals surface area (Å²) in [4.78, 5) is 21.3. The number of ether oxygens (including phenoxy) is 1. The van der Waals surface area contributed by atoms with Crippen molar-refractivity contribution in [2.75, 3.05) is 12.4 Å². The monoisotopic (exact) mass is 369 g/mol. The van der Waals surface area contributed by atoms with E-state index in [4.69, 9.17) is 16.3 Å². The summed E-state index contributed by atoms with van der Waals surface area (Å²) in [6.07, 6.45) is 1.71. The number of pyridine rings is 1. The fourth-order valence-corrected chi connectivity index (χ4v) is 3.62. The number of hydrogen-bond acceptors (Lipinski definition) is 5. The first kappa shape index (κ1) is 15.8. The van der Waals surface area contributed by atoms with Gasteiger partial charge in [-0.05, 0) is 36.4 Å². The highest BCUT2D eigenvalue weighted by Gasteiger charge is 2.14. The smallest absolute Gasteiger partial charge is 0.257 e. The average molecular weight is 370 g/mol. The maximum Gasteiger partial charge on any atom is 0.257 e. The van der Waals surface area contributed by atoms with Crippen LogP contribution in [0, 0.1) is 0 Å². The molecule has 2 aromatic carbocycles. The van der Waals surface area contributed by atoms with Gasteiger partial charge in [0.1, 0.15) is 11.3 Å². The molecule has 4 rings (SSSR count). The number of nitrogens with one attached hydrogen (secondary N) is 1. The zero-order valence-electron chi connectivity index (χ0n) is 13.1. The highest BCUT2D eigenvalue weighted by molar-refractivity contribution is 7.22. The second kappa shape index (κ2) is 6.31. The normalized spacial score (nSPS) is 11.0. The third kappa shape index (κ3) is 2.90. The van der Waals surface area contributed by atoms with Gasteiger partial charge in [-0.15, -0.1) is 0 Å². The van der Waals surface area contributed by atoms with E-state index in [0.717, 1.165) is 21.1 Å². The lowest BCUT2D eigenvalue weighted by Gasteiger charge is -2.04. The van der Waals surface area contributed by atoms with Crippen molar-refractivity contribution >= 4 is 55.1 Å². The van der Waals surface area contributed by atoms with Crippen LogP contribution < -0.4 is 10.1 Å². The molecule has 0 saturated heterocycles. The summed E-state index contributed by atoms with van der Waals surface area (Å²) in [6, 6.07) is 12.4.